The van der Waals surface area contributed by atoms with Crippen molar-refractivity contribution in [2.75, 3.05) is 41.0 Å². The van der Waals surface area contributed by atoms with Crippen molar-refractivity contribution in [3.05, 3.63) is 107 Å². The highest BCUT2D eigenvalue weighted by Crippen LogP contribution is 2.67. The van der Waals surface area contributed by atoms with Gasteiger partial charge in [-0.2, -0.15) is 0 Å². The SMILES string of the molecule is C=CCc1cccc(C2C3=CCC4C(=O)N(c5ccc(N6CCOCC6)cc5)C(=O)C4C3CC3(Cl)C(=O)N(c4c(F)c(F)c(F)c(F)c4F)C(=O)C23Cl)c1O. The molecule has 4 amide bonds. The number of fused-ring (bicyclic) bond motifs is 4. The van der Waals surface area contributed by atoms with E-state index in [2.05, 4.69) is 11.5 Å². The number of benzene rings is 3. The molecular weight excluding hydrogens is 772 g/mol. The second-order valence-electron chi connectivity index (χ2n) is 14.2. The molecule has 3 aliphatic heterocycles. The van der Waals surface area contributed by atoms with Gasteiger partial charge in [-0.3, -0.25) is 24.1 Å². The minimum Gasteiger partial charge on any atom is -0.507 e. The van der Waals surface area contributed by atoms with E-state index < -0.39 is 104 Å². The number of hydrogen-bond donors (Lipinski definition) is 1. The molecular formula is C39H30Cl2F5N3O6. The van der Waals surface area contributed by atoms with E-state index in [0.717, 1.165) is 10.6 Å². The number of anilines is 3. The van der Waals surface area contributed by atoms with E-state index in [1.165, 1.54) is 18.2 Å². The van der Waals surface area contributed by atoms with E-state index in [-0.39, 0.29) is 34.6 Å². The van der Waals surface area contributed by atoms with Gasteiger partial charge in [-0.05, 0) is 55.0 Å². The Hall–Kier alpha value is -4.79. The number of carbonyl (C=O) groups excluding carboxylic acids is 4. The van der Waals surface area contributed by atoms with Gasteiger partial charge in [0, 0.05) is 30.3 Å². The molecule has 6 unspecified atom stereocenters. The fourth-order valence-electron chi connectivity index (χ4n) is 8.97. The minimum atomic E-state index is -2.76. The maximum Gasteiger partial charge on any atom is 0.258 e. The van der Waals surface area contributed by atoms with Crippen LogP contribution in [0.15, 0.2) is 66.8 Å². The first kappa shape index (κ1) is 37.1. The number of halogens is 7. The monoisotopic (exact) mass is 801 g/mol. The smallest absolute Gasteiger partial charge is 0.258 e. The van der Waals surface area contributed by atoms with Gasteiger partial charge in [-0.1, -0.05) is 35.9 Å². The van der Waals surface area contributed by atoms with Gasteiger partial charge in [0.05, 0.1) is 30.7 Å². The van der Waals surface area contributed by atoms with Crippen molar-refractivity contribution in [1.82, 2.24) is 0 Å². The summed E-state index contributed by atoms with van der Waals surface area (Å²) in [7, 11) is 0. The number of morpholine rings is 1. The highest BCUT2D eigenvalue weighted by atomic mass is 35.5. The van der Waals surface area contributed by atoms with Crippen LogP contribution in [0.4, 0.5) is 39.0 Å². The van der Waals surface area contributed by atoms with E-state index >= 15 is 8.78 Å². The van der Waals surface area contributed by atoms with Gasteiger partial charge in [0.1, 0.15) is 11.4 Å². The number of phenols is 1. The number of amides is 4. The van der Waals surface area contributed by atoms with Crippen molar-refractivity contribution >= 4 is 63.9 Å². The third-order valence-corrected chi connectivity index (χ3v) is 12.9. The summed E-state index contributed by atoms with van der Waals surface area (Å²) in [6.07, 6.45) is 2.48. The molecule has 55 heavy (non-hydrogen) atoms. The zero-order valence-electron chi connectivity index (χ0n) is 28.6. The maximum atomic E-state index is 15.3. The first-order valence-electron chi connectivity index (χ1n) is 17.4. The molecule has 0 bridgehead atoms. The molecule has 5 aliphatic rings. The second-order valence-corrected chi connectivity index (χ2v) is 15.4. The van der Waals surface area contributed by atoms with Gasteiger partial charge in [0.15, 0.2) is 33.0 Å². The molecule has 3 saturated heterocycles. The molecule has 4 fully saturated rings. The van der Waals surface area contributed by atoms with Crippen molar-refractivity contribution in [3.63, 3.8) is 0 Å². The number of rotatable bonds is 6. The second kappa shape index (κ2) is 13.2. The number of allylic oxidation sites excluding steroid dienone is 3. The Morgan fingerprint density at radius 2 is 1.44 bits per heavy atom. The summed E-state index contributed by atoms with van der Waals surface area (Å²) in [5.74, 6) is -22.0. The van der Waals surface area contributed by atoms with Crippen LogP contribution < -0.4 is 14.7 Å². The zero-order chi connectivity index (χ0) is 39.3. The van der Waals surface area contributed by atoms with Gasteiger partial charge in [0.2, 0.25) is 17.6 Å². The number of nitrogens with zero attached hydrogens (tertiary/aromatic N) is 3. The van der Waals surface area contributed by atoms with Gasteiger partial charge >= 0.3 is 0 Å². The molecule has 3 aromatic rings. The average molecular weight is 803 g/mol. The highest BCUT2D eigenvalue weighted by Gasteiger charge is 2.77. The Morgan fingerprint density at radius 3 is 2.07 bits per heavy atom. The molecule has 3 aromatic carbocycles. The molecule has 8 rings (SSSR count). The van der Waals surface area contributed by atoms with Crippen molar-refractivity contribution in [1.29, 1.82) is 0 Å². The molecule has 1 N–H and O–H groups in total. The molecule has 1 saturated carbocycles. The van der Waals surface area contributed by atoms with Crippen LogP contribution in [0.1, 0.15) is 29.9 Å². The predicted octanol–water partition coefficient (Wildman–Crippen LogP) is 6.42. The third-order valence-electron chi connectivity index (χ3n) is 11.5. The summed E-state index contributed by atoms with van der Waals surface area (Å²) in [6.45, 7) is 6.07. The van der Waals surface area contributed by atoms with Crippen LogP contribution in [0.25, 0.3) is 0 Å². The largest absolute Gasteiger partial charge is 0.507 e. The van der Waals surface area contributed by atoms with Crippen LogP contribution in [-0.4, -0.2) is 64.8 Å². The lowest BCUT2D eigenvalue weighted by Crippen LogP contribution is -2.60. The van der Waals surface area contributed by atoms with Crippen molar-refractivity contribution < 1.29 is 51.0 Å². The number of phenolic OH excluding ortho intramolecular Hbond substituents is 1. The lowest BCUT2D eigenvalue weighted by Gasteiger charge is -2.50. The van der Waals surface area contributed by atoms with Crippen molar-refractivity contribution in [2.24, 2.45) is 17.8 Å². The van der Waals surface area contributed by atoms with E-state index in [0.29, 0.717) is 31.9 Å². The fourth-order valence-corrected chi connectivity index (χ4v) is 9.89. The number of para-hydroxylation sites is 1. The number of hydrogen-bond acceptors (Lipinski definition) is 7. The van der Waals surface area contributed by atoms with Crippen LogP contribution in [0.5, 0.6) is 5.75 Å². The zero-order valence-corrected chi connectivity index (χ0v) is 30.2. The van der Waals surface area contributed by atoms with Crippen molar-refractivity contribution in [3.8, 4) is 5.75 Å². The Balaban J connectivity index is 1.26. The lowest BCUT2D eigenvalue weighted by molar-refractivity contribution is -0.125. The Bertz CT molecular complexity index is 2220. The summed E-state index contributed by atoms with van der Waals surface area (Å²) in [5.41, 5.74) is -0.283. The molecule has 3 heterocycles. The topological polar surface area (TPSA) is 107 Å². The van der Waals surface area contributed by atoms with Crippen LogP contribution in [0, 0.1) is 46.8 Å². The Labute approximate surface area is 320 Å². The molecule has 6 atom stereocenters. The first-order chi connectivity index (χ1) is 26.2. The first-order valence-corrected chi connectivity index (χ1v) is 18.1. The average Bonchev–Trinajstić information content (AvgIpc) is 3.52. The molecule has 286 valence electrons. The highest BCUT2D eigenvalue weighted by molar-refractivity contribution is 6.58. The van der Waals surface area contributed by atoms with Crippen LogP contribution in [0.2, 0.25) is 0 Å². The molecule has 2 aliphatic carbocycles. The minimum absolute atomic E-state index is 0.0429. The quantitative estimate of drug-likeness (QED) is 0.0766. The number of alkyl halides is 2. The molecule has 9 nitrogen and oxygen atoms in total. The third kappa shape index (κ3) is 5.06. The normalized spacial score (nSPS) is 29.0. The lowest BCUT2D eigenvalue weighted by atomic mass is 9.56. The molecule has 16 heteroatoms. The summed E-state index contributed by atoms with van der Waals surface area (Å²) in [5, 5.41) is 11.6. The van der Waals surface area contributed by atoms with Crippen LogP contribution in [-0.2, 0) is 30.3 Å². The van der Waals surface area contributed by atoms with Gasteiger partial charge in [-0.15, -0.1) is 29.8 Å². The van der Waals surface area contributed by atoms with Gasteiger partial charge < -0.3 is 14.7 Å². The maximum absolute atomic E-state index is 15.3. The van der Waals surface area contributed by atoms with E-state index in [1.54, 1.807) is 36.4 Å². The van der Waals surface area contributed by atoms with E-state index in [9.17, 15) is 37.5 Å². The summed E-state index contributed by atoms with van der Waals surface area (Å²) < 4.78 is 79.3. The molecule has 0 spiro atoms. The molecule has 0 aromatic heterocycles. The Kier molecular flexibility index (Phi) is 8.89. The molecule has 0 radical (unpaired) electrons. The van der Waals surface area contributed by atoms with Crippen LogP contribution >= 0.6 is 23.2 Å². The van der Waals surface area contributed by atoms with Crippen LogP contribution in [0.3, 0.4) is 0 Å². The predicted molar refractivity (Wildman–Crippen MR) is 190 cm³/mol. The van der Waals surface area contributed by atoms with E-state index in [1.807, 2.05) is 0 Å². The summed E-state index contributed by atoms with van der Waals surface area (Å²) in [6, 6.07) is 11.2. The number of imide groups is 2. The van der Waals surface area contributed by atoms with Crippen molar-refractivity contribution in [2.45, 2.75) is 34.9 Å². The Morgan fingerprint density at radius 1 is 0.818 bits per heavy atom. The summed E-state index contributed by atoms with van der Waals surface area (Å²) >= 11 is 14.4. The summed E-state index contributed by atoms with van der Waals surface area (Å²) in [4.78, 5) is 54.9. The van der Waals surface area contributed by atoms with Gasteiger partial charge in [0.25, 0.3) is 11.8 Å². The standard InChI is InChI=1S/C39H30Cl2F5N3O6/c1-2-4-18-5-3-6-23(33(18)50)26-21-11-12-22-25(35(52)48(34(22)51)20-9-7-19(8-10-20)47-13-15-55-16-14-47)24(21)17-38(40)36(53)49(37(54)39(26,38)41)32-30(45)28(43)27(42)29(44)31(32)46/h2-3,5-11,22,24-26,50H,1,4,12-17H2. The van der Waals surface area contributed by atoms with E-state index in [4.69, 9.17) is 27.9 Å². The fraction of sp³-hybridized carbons (Fsp3) is 0.333. The number of carbonyl (C=O) groups is 4. The van der Waals surface area contributed by atoms with Gasteiger partial charge in [-0.25, -0.2) is 26.9 Å². The number of aromatic hydroxyl groups is 1. The number of ether oxygens (including phenoxy) is 1.